The van der Waals surface area contributed by atoms with Crippen molar-refractivity contribution in [3.8, 4) is 0 Å². The molecule has 0 spiro atoms. The van der Waals surface area contributed by atoms with Crippen molar-refractivity contribution in [2.45, 2.75) is 72.0 Å². The fourth-order valence-corrected chi connectivity index (χ4v) is 2.56. The molecule has 2 unspecified atom stereocenters. The van der Waals surface area contributed by atoms with Crippen LogP contribution < -0.4 is 5.32 Å². The molecule has 0 saturated carbocycles. The molecule has 2 heteroatoms. The topological polar surface area (TPSA) is 15.3 Å². The summed E-state index contributed by atoms with van der Waals surface area (Å²) in [6.07, 6.45) is 4.12. The molecule has 0 bridgehead atoms. The summed E-state index contributed by atoms with van der Waals surface area (Å²) < 4.78 is 0. The van der Waals surface area contributed by atoms with E-state index in [4.69, 9.17) is 0 Å². The molecular formula is C14H30N2. The molecule has 1 N–H and O–H groups in total. The Hall–Kier alpha value is -0.0800. The lowest BCUT2D eigenvalue weighted by Crippen LogP contribution is -2.50. The lowest BCUT2D eigenvalue weighted by Gasteiger charge is -2.39. The molecule has 1 aliphatic heterocycles. The molecule has 1 saturated heterocycles. The van der Waals surface area contributed by atoms with E-state index < -0.39 is 0 Å². The third-order valence-electron chi connectivity index (χ3n) is 3.99. The molecule has 2 nitrogen and oxygen atoms in total. The van der Waals surface area contributed by atoms with Crippen LogP contribution in [-0.2, 0) is 0 Å². The number of piperidine rings is 1. The van der Waals surface area contributed by atoms with Crippen molar-refractivity contribution in [2.24, 2.45) is 5.92 Å². The Kier molecular flexibility index (Phi) is 5.77. The Morgan fingerprint density at radius 2 is 1.81 bits per heavy atom. The first-order valence-electron chi connectivity index (χ1n) is 7.01. The number of hydrogen-bond acceptors (Lipinski definition) is 2. The Morgan fingerprint density at radius 1 is 1.12 bits per heavy atom. The van der Waals surface area contributed by atoms with Crippen LogP contribution in [0.15, 0.2) is 0 Å². The van der Waals surface area contributed by atoms with Crippen molar-refractivity contribution in [3.63, 3.8) is 0 Å². The molecular weight excluding hydrogens is 196 g/mol. The maximum Gasteiger partial charge on any atom is 0.0195 e. The normalized spacial score (nSPS) is 24.4. The van der Waals surface area contributed by atoms with Crippen LogP contribution in [0.25, 0.3) is 0 Å². The van der Waals surface area contributed by atoms with Crippen LogP contribution in [0.3, 0.4) is 0 Å². The van der Waals surface area contributed by atoms with Crippen LogP contribution in [0.1, 0.15) is 53.9 Å². The highest BCUT2D eigenvalue weighted by molar-refractivity contribution is 4.81. The smallest absolute Gasteiger partial charge is 0.0195 e. The van der Waals surface area contributed by atoms with Crippen LogP contribution in [0.4, 0.5) is 0 Å². The second-order valence-corrected chi connectivity index (χ2v) is 5.92. The molecule has 1 heterocycles. The van der Waals surface area contributed by atoms with Crippen LogP contribution >= 0.6 is 0 Å². The second-order valence-electron chi connectivity index (χ2n) is 5.92. The van der Waals surface area contributed by atoms with Gasteiger partial charge in [-0.15, -0.1) is 0 Å². The van der Waals surface area contributed by atoms with Gasteiger partial charge in [0.25, 0.3) is 0 Å². The molecule has 0 aromatic carbocycles. The highest BCUT2D eigenvalue weighted by Crippen LogP contribution is 2.17. The van der Waals surface area contributed by atoms with E-state index >= 15 is 0 Å². The van der Waals surface area contributed by atoms with Gasteiger partial charge in [0.05, 0.1) is 0 Å². The zero-order valence-corrected chi connectivity index (χ0v) is 11.8. The molecule has 1 fully saturated rings. The summed E-state index contributed by atoms with van der Waals surface area (Å²) in [7, 11) is 0. The highest BCUT2D eigenvalue weighted by atomic mass is 15.2. The van der Waals surface area contributed by atoms with E-state index in [-0.39, 0.29) is 0 Å². The van der Waals surface area contributed by atoms with E-state index in [9.17, 15) is 0 Å². The van der Waals surface area contributed by atoms with E-state index in [1.807, 2.05) is 0 Å². The molecule has 0 radical (unpaired) electrons. The number of nitrogens with one attached hydrogen (secondary N) is 1. The average molecular weight is 226 g/mol. The van der Waals surface area contributed by atoms with E-state index in [0.29, 0.717) is 12.1 Å². The van der Waals surface area contributed by atoms with Gasteiger partial charge in [-0.3, -0.25) is 4.90 Å². The molecule has 0 amide bonds. The third-order valence-corrected chi connectivity index (χ3v) is 3.99. The SMILES string of the molecule is CC(C)C(C)N(CC1CCCCN1)C(C)C. The summed E-state index contributed by atoms with van der Waals surface area (Å²) in [5.41, 5.74) is 0. The minimum atomic E-state index is 0.654. The number of hydrogen-bond donors (Lipinski definition) is 1. The van der Waals surface area contributed by atoms with Crippen LogP contribution in [-0.4, -0.2) is 36.1 Å². The number of nitrogens with zero attached hydrogens (tertiary/aromatic N) is 1. The summed E-state index contributed by atoms with van der Waals surface area (Å²) in [6.45, 7) is 14.1. The molecule has 0 aromatic heterocycles. The lowest BCUT2D eigenvalue weighted by atomic mass is 9.99. The van der Waals surface area contributed by atoms with Crippen molar-refractivity contribution >= 4 is 0 Å². The van der Waals surface area contributed by atoms with Gasteiger partial charge in [-0.2, -0.15) is 0 Å². The van der Waals surface area contributed by atoms with Gasteiger partial charge in [0.2, 0.25) is 0 Å². The van der Waals surface area contributed by atoms with Gasteiger partial charge in [0.15, 0.2) is 0 Å². The van der Waals surface area contributed by atoms with E-state index in [0.717, 1.165) is 12.0 Å². The lowest BCUT2D eigenvalue weighted by molar-refractivity contribution is 0.110. The van der Waals surface area contributed by atoms with Gasteiger partial charge in [0.1, 0.15) is 0 Å². The van der Waals surface area contributed by atoms with Gasteiger partial charge in [0, 0.05) is 24.7 Å². The van der Waals surface area contributed by atoms with E-state index in [2.05, 4.69) is 44.8 Å². The highest BCUT2D eigenvalue weighted by Gasteiger charge is 2.23. The summed E-state index contributed by atoms with van der Waals surface area (Å²) in [5.74, 6) is 0.742. The van der Waals surface area contributed by atoms with E-state index in [1.165, 1.54) is 32.4 Å². The van der Waals surface area contributed by atoms with Gasteiger partial charge in [-0.1, -0.05) is 20.3 Å². The largest absolute Gasteiger partial charge is 0.313 e. The fraction of sp³-hybridized carbons (Fsp3) is 1.00. The first kappa shape index (κ1) is 14.0. The molecule has 0 aliphatic carbocycles. The maximum atomic E-state index is 3.66. The van der Waals surface area contributed by atoms with Crippen molar-refractivity contribution < 1.29 is 0 Å². The molecule has 0 aromatic rings. The summed E-state index contributed by atoms with van der Waals surface area (Å²) >= 11 is 0. The van der Waals surface area contributed by atoms with Crippen molar-refractivity contribution in [2.75, 3.05) is 13.1 Å². The zero-order valence-electron chi connectivity index (χ0n) is 11.8. The van der Waals surface area contributed by atoms with Crippen molar-refractivity contribution in [1.82, 2.24) is 10.2 Å². The zero-order chi connectivity index (χ0) is 12.1. The Balaban J connectivity index is 2.49. The minimum absolute atomic E-state index is 0.654. The van der Waals surface area contributed by atoms with Crippen molar-refractivity contribution in [3.05, 3.63) is 0 Å². The van der Waals surface area contributed by atoms with Crippen LogP contribution in [0, 0.1) is 5.92 Å². The molecule has 16 heavy (non-hydrogen) atoms. The van der Waals surface area contributed by atoms with Gasteiger partial charge >= 0.3 is 0 Å². The predicted molar refractivity (Wildman–Crippen MR) is 71.8 cm³/mol. The predicted octanol–water partition coefficient (Wildman–Crippen LogP) is 2.88. The molecule has 1 aliphatic rings. The second kappa shape index (κ2) is 6.61. The summed E-state index contributed by atoms with van der Waals surface area (Å²) in [4.78, 5) is 2.66. The van der Waals surface area contributed by atoms with E-state index in [1.54, 1.807) is 0 Å². The fourth-order valence-electron chi connectivity index (χ4n) is 2.56. The molecule has 1 rings (SSSR count). The first-order chi connectivity index (χ1) is 7.52. The average Bonchev–Trinajstić information content (AvgIpc) is 2.26. The Morgan fingerprint density at radius 3 is 2.25 bits per heavy atom. The molecule has 2 atom stereocenters. The van der Waals surface area contributed by atoms with Crippen LogP contribution in [0.2, 0.25) is 0 Å². The van der Waals surface area contributed by atoms with Gasteiger partial charge in [-0.25, -0.2) is 0 Å². The Labute approximate surface area is 102 Å². The standard InChI is InChI=1S/C14H30N2/c1-11(2)13(5)16(12(3)4)10-14-8-6-7-9-15-14/h11-15H,6-10H2,1-5H3. The Bertz CT molecular complexity index is 183. The monoisotopic (exact) mass is 226 g/mol. The minimum Gasteiger partial charge on any atom is -0.313 e. The van der Waals surface area contributed by atoms with Crippen molar-refractivity contribution in [1.29, 1.82) is 0 Å². The number of rotatable bonds is 5. The van der Waals surface area contributed by atoms with Gasteiger partial charge < -0.3 is 5.32 Å². The van der Waals surface area contributed by atoms with Crippen LogP contribution in [0.5, 0.6) is 0 Å². The summed E-state index contributed by atoms with van der Waals surface area (Å²) in [5, 5.41) is 3.66. The molecule has 96 valence electrons. The van der Waals surface area contributed by atoms with Gasteiger partial charge in [-0.05, 0) is 46.1 Å². The third kappa shape index (κ3) is 4.06. The maximum absolute atomic E-state index is 3.66. The first-order valence-corrected chi connectivity index (χ1v) is 7.01. The summed E-state index contributed by atoms with van der Waals surface area (Å²) in [6, 6.07) is 2.06. The quantitative estimate of drug-likeness (QED) is 0.775.